The first-order valence-electron chi connectivity index (χ1n) is 11.5. The number of rotatable bonds is 12. The van der Waals surface area contributed by atoms with Gasteiger partial charge in [0.15, 0.2) is 0 Å². The van der Waals surface area contributed by atoms with Gasteiger partial charge in [-0.3, -0.25) is 4.90 Å². The summed E-state index contributed by atoms with van der Waals surface area (Å²) in [6, 6.07) is 30.4. The molecular weight excluding hydrogens is 410 g/mol. The van der Waals surface area contributed by atoms with Gasteiger partial charge < -0.3 is 9.84 Å². The molecule has 0 heterocycles. The maximum absolute atomic E-state index is 12.0. The SMILES string of the molecule is CC/C=C/C(=O)OC[C@H](O)[C@H](Cc1ccccc1)N(Cc1ccccc1)Cc1ccccc1. The lowest BCUT2D eigenvalue weighted by atomic mass is 9.98. The van der Waals surface area contributed by atoms with Gasteiger partial charge >= 0.3 is 5.97 Å². The summed E-state index contributed by atoms with van der Waals surface area (Å²) in [4.78, 5) is 14.3. The number of hydrogen-bond acceptors (Lipinski definition) is 4. The highest BCUT2D eigenvalue weighted by atomic mass is 16.5. The summed E-state index contributed by atoms with van der Waals surface area (Å²) in [6.07, 6.45) is 3.75. The number of aliphatic hydroxyl groups excluding tert-OH is 1. The normalized spacial score (nSPS) is 13.2. The summed E-state index contributed by atoms with van der Waals surface area (Å²) >= 11 is 0. The van der Waals surface area contributed by atoms with Crippen LogP contribution in [-0.4, -0.2) is 34.7 Å². The zero-order chi connectivity index (χ0) is 23.3. The zero-order valence-electron chi connectivity index (χ0n) is 19.2. The van der Waals surface area contributed by atoms with E-state index in [1.807, 2.05) is 61.5 Å². The second-order valence-electron chi connectivity index (χ2n) is 8.14. The molecule has 0 radical (unpaired) electrons. The molecule has 0 spiro atoms. The van der Waals surface area contributed by atoms with E-state index in [4.69, 9.17) is 4.74 Å². The lowest BCUT2D eigenvalue weighted by Gasteiger charge is -2.35. The average Bonchev–Trinajstić information content (AvgIpc) is 2.86. The standard InChI is InChI=1S/C29H33NO3/c1-2-3-19-29(32)33-23-28(31)27(20-24-13-7-4-8-14-24)30(21-25-15-9-5-10-16-25)22-26-17-11-6-12-18-26/h3-19,27-28,31H,2,20-23H2,1H3/b19-3+/t27-,28-/m0/s1. The Morgan fingerprint density at radius 2 is 1.33 bits per heavy atom. The van der Waals surface area contributed by atoms with Gasteiger partial charge in [-0.2, -0.15) is 0 Å². The Kier molecular flexibility index (Phi) is 9.89. The fourth-order valence-electron chi connectivity index (χ4n) is 3.83. The minimum absolute atomic E-state index is 0.0511. The van der Waals surface area contributed by atoms with Crippen LogP contribution in [0.5, 0.6) is 0 Å². The van der Waals surface area contributed by atoms with Crippen molar-refractivity contribution in [1.82, 2.24) is 4.90 Å². The Balaban J connectivity index is 1.85. The van der Waals surface area contributed by atoms with E-state index in [0.29, 0.717) is 19.5 Å². The van der Waals surface area contributed by atoms with Crippen molar-refractivity contribution in [2.45, 2.75) is 45.0 Å². The molecule has 0 aliphatic rings. The van der Waals surface area contributed by atoms with Crippen LogP contribution in [0, 0.1) is 0 Å². The summed E-state index contributed by atoms with van der Waals surface area (Å²) in [5, 5.41) is 11.2. The molecule has 0 unspecified atom stereocenters. The van der Waals surface area contributed by atoms with Crippen molar-refractivity contribution in [2.24, 2.45) is 0 Å². The Bertz CT molecular complexity index is 932. The van der Waals surface area contributed by atoms with E-state index in [-0.39, 0.29) is 12.6 Å². The van der Waals surface area contributed by atoms with E-state index in [9.17, 15) is 9.90 Å². The first-order valence-corrected chi connectivity index (χ1v) is 11.5. The fourth-order valence-corrected chi connectivity index (χ4v) is 3.83. The second-order valence-corrected chi connectivity index (χ2v) is 8.14. The number of esters is 1. The molecule has 4 nitrogen and oxygen atoms in total. The molecule has 0 aliphatic carbocycles. The molecule has 4 heteroatoms. The van der Waals surface area contributed by atoms with Gasteiger partial charge in [-0.05, 0) is 29.5 Å². The van der Waals surface area contributed by atoms with E-state index in [1.165, 1.54) is 17.2 Å². The highest BCUT2D eigenvalue weighted by Crippen LogP contribution is 2.20. The van der Waals surface area contributed by atoms with Crippen LogP contribution in [0.2, 0.25) is 0 Å². The highest BCUT2D eigenvalue weighted by molar-refractivity contribution is 5.81. The molecule has 3 rings (SSSR count). The van der Waals surface area contributed by atoms with Crippen LogP contribution in [0.15, 0.2) is 103 Å². The molecule has 0 aromatic heterocycles. The molecule has 0 amide bonds. The van der Waals surface area contributed by atoms with Gasteiger partial charge in [0.1, 0.15) is 12.7 Å². The zero-order valence-corrected chi connectivity index (χ0v) is 19.2. The van der Waals surface area contributed by atoms with Crippen LogP contribution in [-0.2, 0) is 29.0 Å². The van der Waals surface area contributed by atoms with Crippen LogP contribution in [0.25, 0.3) is 0 Å². The van der Waals surface area contributed by atoms with Gasteiger partial charge in [0.2, 0.25) is 0 Å². The first-order chi connectivity index (χ1) is 16.2. The van der Waals surface area contributed by atoms with Gasteiger partial charge in [-0.25, -0.2) is 4.79 Å². The lowest BCUT2D eigenvalue weighted by molar-refractivity contribution is -0.142. The molecule has 2 atom stereocenters. The molecule has 1 N–H and O–H groups in total. The third-order valence-corrected chi connectivity index (χ3v) is 5.54. The molecule has 0 saturated heterocycles. The predicted octanol–water partition coefficient (Wildman–Crippen LogP) is 5.17. The number of benzene rings is 3. The van der Waals surface area contributed by atoms with Crippen LogP contribution in [0.1, 0.15) is 30.0 Å². The second kappa shape index (κ2) is 13.4. The Hall–Kier alpha value is -3.21. The fraction of sp³-hybridized carbons (Fsp3) is 0.276. The molecule has 33 heavy (non-hydrogen) atoms. The number of hydrogen-bond donors (Lipinski definition) is 1. The number of aliphatic hydroxyl groups is 1. The minimum Gasteiger partial charge on any atom is -0.460 e. The molecule has 3 aromatic carbocycles. The minimum atomic E-state index is -0.836. The van der Waals surface area contributed by atoms with Crippen molar-refractivity contribution in [3.8, 4) is 0 Å². The predicted molar refractivity (Wildman–Crippen MR) is 132 cm³/mol. The molecule has 0 fully saturated rings. The van der Waals surface area contributed by atoms with Crippen molar-refractivity contribution >= 4 is 5.97 Å². The van der Waals surface area contributed by atoms with E-state index in [2.05, 4.69) is 41.3 Å². The van der Waals surface area contributed by atoms with E-state index < -0.39 is 12.1 Å². The summed E-state index contributed by atoms with van der Waals surface area (Å²) in [5.74, 6) is -0.424. The van der Waals surface area contributed by atoms with Gasteiger partial charge in [-0.1, -0.05) is 104 Å². The highest BCUT2D eigenvalue weighted by Gasteiger charge is 2.28. The number of ether oxygens (including phenoxy) is 1. The van der Waals surface area contributed by atoms with E-state index in [1.54, 1.807) is 6.08 Å². The summed E-state index contributed by atoms with van der Waals surface area (Å²) < 4.78 is 5.37. The van der Waals surface area contributed by atoms with E-state index >= 15 is 0 Å². The smallest absolute Gasteiger partial charge is 0.330 e. The van der Waals surface area contributed by atoms with Crippen molar-refractivity contribution in [1.29, 1.82) is 0 Å². The monoisotopic (exact) mass is 443 g/mol. The quantitative estimate of drug-likeness (QED) is 0.310. The number of allylic oxidation sites excluding steroid dienone is 1. The van der Waals surface area contributed by atoms with Gasteiger partial charge in [0.25, 0.3) is 0 Å². The molecule has 0 bridgehead atoms. The molecular formula is C29H33NO3. The van der Waals surface area contributed by atoms with Crippen molar-refractivity contribution in [3.05, 3.63) is 120 Å². The third-order valence-electron chi connectivity index (χ3n) is 5.54. The van der Waals surface area contributed by atoms with Crippen molar-refractivity contribution in [3.63, 3.8) is 0 Å². The van der Waals surface area contributed by atoms with Crippen LogP contribution < -0.4 is 0 Å². The molecule has 172 valence electrons. The van der Waals surface area contributed by atoms with Crippen molar-refractivity contribution < 1.29 is 14.6 Å². The van der Waals surface area contributed by atoms with Gasteiger partial charge in [0, 0.05) is 25.2 Å². The number of carbonyl (C=O) groups excluding carboxylic acids is 1. The third kappa shape index (κ3) is 8.33. The van der Waals surface area contributed by atoms with Crippen LogP contribution in [0.3, 0.4) is 0 Å². The van der Waals surface area contributed by atoms with Gasteiger partial charge in [-0.15, -0.1) is 0 Å². The lowest BCUT2D eigenvalue weighted by Crippen LogP contribution is -2.46. The number of nitrogens with zero attached hydrogens (tertiary/aromatic N) is 1. The maximum atomic E-state index is 12.0. The summed E-state index contributed by atoms with van der Waals surface area (Å²) in [5.41, 5.74) is 3.47. The first kappa shape index (κ1) is 24.4. The molecule has 0 aliphatic heterocycles. The van der Waals surface area contributed by atoms with Crippen molar-refractivity contribution in [2.75, 3.05) is 6.61 Å². The molecule has 0 saturated carbocycles. The summed E-state index contributed by atoms with van der Waals surface area (Å²) in [7, 11) is 0. The maximum Gasteiger partial charge on any atom is 0.330 e. The topological polar surface area (TPSA) is 49.8 Å². The Morgan fingerprint density at radius 1 is 0.848 bits per heavy atom. The van der Waals surface area contributed by atoms with E-state index in [0.717, 1.165) is 12.0 Å². The Labute approximate surface area is 197 Å². The van der Waals surface area contributed by atoms with Gasteiger partial charge in [0.05, 0.1) is 0 Å². The average molecular weight is 444 g/mol. The van der Waals surface area contributed by atoms with Crippen LogP contribution >= 0.6 is 0 Å². The summed E-state index contributed by atoms with van der Waals surface area (Å²) in [6.45, 7) is 3.26. The largest absolute Gasteiger partial charge is 0.460 e. The van der Waals surface area contributed by atoms with Crippen LogP contribution in [0.4, 0.5) is 0 Å². The molecule has 3 aromatic rings. The Morgan fingerprint density at radius 3 is 1.82 bits per heavy atom. The number of carbonyl (C=O) groups is 1.